The molecular weight excluding hydrogens is 316 g/mol. The Bertz CT molecular complexity index is 614. The third-order valence-electron chi connectivity index (χ3n) is 4.92. The molecule has 0 saturated heterocycles. The van der Waals surface area contributed by atoms with Crippen LogP contribution in [0.5, 0.6) is 5.75 Å². The molecule has 0 atom stereocenters. The van der Waals surface area contributed by atoms with Gasteiger partial charge in [0.15, 0.2) is 0 Å². The Morgan fingerprint density at radius 2 is 1.54 bits per heavy atom. The number of rotatable bonds is 5. The molecule has 0 N–H and O–H groups in total. The van der Waals surface area contributed by atoms with Crippen molar-refractivity contribution in [3.8, 4) is 17.2 Å². The van der Waals surface area contributed by atoms with Crippen LogP contribution in [0.15, 0.2) is 18.2 Å². The van der Waals surface area contributed by atoms with Crippen LogP contribution in [0.25, 0.3) is 0 Å². The van der Waals surface area contributed by atoms with Gasteiger partial charge in [-0.1, -0.05) is 53.5 Å². The van der Waals surface area contributed by atoms with E-state index in [9.17, 15) is 4.79 Å². The van der Waals surface area contributed by atoms with E-state index in [1.165, 1.54) is 7.11 Å². The third-order valence-corrected chi connectivity index (χ3v) is 11.2. The minimum absolute atomic E-state index is 0.411. The second-order valence-electron chi connectivity index (χ2n) is 7.02. The molecule has 1 rings (SSSR count). The molecule has 0 radical (unpaired) electrons. The topological polar surface area (TPSA) is 35.5 Å². The van der Waals surface area contributed by atoms with E-state index in [-0.39, 0.29) is 0 Å². The van der Waals surface area contributed by atoms with E-state index in [4.69, 9.17) is 9.47 Å². The lowest BCUT2D eigenvalue weighted by molar-refractivity contribution is 0.0597. The van der Waals surface area contributed by atoms with E-state index in [0.29, 0.717) is 33.5 Å². The van der Waals surface area contributed by atoms with E-state index in [0.717, 1.165) is 0 Å². The molecule has 0 unspecified atom stereocenters. The number of carbonyl (C=O) groups excluding carboxylic acids is 1. The van der Waals surface area contributed by atoms with Gasteiger partial charge < -0.3 is 9.47 Å². The first-order valence-corrected chi connectivity index (χ1v) is 10.7. The van der Waals surface area contributed by atoms with Crippen molar-refractivity contribution < 1.29 is 14.3 Å². The monoisotopic (exact) mass is 346 g/mol. The lowest BCUT2D eigenvalue weighted by atomic mass is 10.1. The van der Waals surface area contributed by atoms with E-state index in [1.54, 1.807) is 13.2 Å². The summed E-state index contributed by atoms with van der Waals surface area (Å²) in [7, 11) is 1.07. The van der Waals surface area contributed by atoms with Crippen LogP contribution < -0.4 is 4.74 Å². The fourth-order valence-corrected chi connectivity index (χ4v) is 8.94. The Balaban J connectivity index is 3.56. The average Bonchev–Trinajstić information content (AvgIpc) is 2.53. The molecule has 0 saturated carbocycles. The van der Waals surface area contributed by atoms with Crippen LogP contribution in [0.4, 0.5) is 0 Å². The SMILES string of the molecule is COC(=O)c1c(C#C[Si](C(C)C)(C(C)C)C(C)C)cccc1OC. The van der Waals surface area contributed by atoms with Gasteiger partial charge in [0.05, 0.1) is 14.2 Å². The minimum Gasteiger partial charge on any atom is -0.496 e. The van der Waals surface area contributed by atoms with Crippen molar-refractivity contribution in [2.24, 2.45) is 0 Å². The number of methoxy groups -OCH3 is 2. The predicted molar refractivity (Wildman–Crippen MR) is 102 cm³/mol. The molecule has 0 spiro atoms. The molecule has 0 aliphatic carbocycles. The highest BCUT2D eigenvalue weighted by Crippen LogP contribution is 2.40. The van der Waals surface area contributed by atoms with Gasteiger partial charge in [-0.25, -0.2) is 4.79 Å². The molecule has 0 amide bonds. The number of benzene rings is 1. The van der Waals surface area contributed by atoms with Crippen LogP contribution in [0.1, 0.15) is 57.5 Å². The summed E-state index contributed by atoms with van der Waals surface area (Å²) in [5, 5.41) is 0. The zero-order chi connectivity index (χ0) is 18.5. The Hall–Kier alpha value is -1.73. The smallest absolute Gasteiger partial charge is 0.342 e. The summed E-state index contributed by atoms with van der Waals surface area (Å²) >= 11 is 0. The number of esters is 1. The summed E-state index contributed by atoms with van der Waals surface area (Å²) in [5.74, 6) is 3.40. The minimum atomic E-state index is -1.86. The maximum atomic E-state index is 12.2. The van der Waals surface area contributed by atoms with Gasteiger partial charge in [0.1, 0.15) is 19.4 Å². The molecular formula is C20H30O3Si. The lowest BCUT2D eigenvalue weighted by Gasteiger charge is -2.38. The summed E-state index contributed by atoms with van der Waals surface area (Å²) in [5.41, 5.74) is 6.35. The molecule has 0 aliphatic rings. The first kappa shape index (κ1) is 20.3. The van der Waals surface area contributed by atoms with Gasteiger partial charge in [-0.05, 0) is 28.8 Å². The van der Waals surface area contributed by atoms with Crippen molar-refractivity contribution in [3.05, 3.63) is 29.3 Å². The highest BCUT2D eigenvalue weighted by Gasteiger charge is 2.41. The summed E-state index contributed by atoms with van der Waals surface area (Å²) in [6, 6.07) is 5.48. The van der Waals surface area contributed by atoms with Gasteiger partial charge in [0.2, 0.25) is 0 Å². The first-order valence-electron chi connectivity index (χ1n) is 8.50. The number of hydrogen-bond donors (Lipinski definition) is 0. The molecule has 0 heterocycles. The van der Waals surface area contributed by atoms with Gasteiger partial charge in [-0.2, -0.15) is 0 Å². The largest absolute Gasteiger partial charge is 0.496 e. The molecule has 0 bridgehead atoms. The second-order valence-corrected chi connectivity index (χ2v) is 12.6. The van der Waals surface area contributed by atoms with E-state index in [1.807, 2.05) is 12.1 Å². The van der Waals surface area contributed by atoms with Gasteiger partial charge in [-0.3, -0.25) is 0 Å². The Kier molecular flexibility index (Phi) is 7.10. The molecule has 3 nitrogen and oxygen atoms in total. The van der Waals surface area contributed by atoms with Gasteiger partial charge in [0.25, 0.3) is 0 Å². The Labute approximate surface area is 147 Å². The number of hydrogen-bond acceptors (Lipinski definition) is 3. The summed E-state index contributed by atoms with van der Waals surface area (Å²) in [4.78, 5) is 12.2. The van der Waals surface area contributed by atoms with Crippen molar-refractivity contribution in [2.75, 3.05) is 14.2 Å². The molecule has 132 valence electrons. The zero-order valence-corrected chi connectivity index (χ0v) is 17.2. The van der Waals surface area contributed by atoms with E-state index in [2.05, 4.69) is 53.0 Å². The fourth-order valence-electron chi connectivity index (χ4n) is 3.73. The third kappa shape index (κ3) is 3.84. The molecule has 24 heavy (non-hydrogen) atoms. The summed E-state index contributed by atoms with van der Waals surface area (Å²) in [6.45, 7) is 13.6. The van der Waals surface area contributed by atoms with Crippen molar-refractivity contribution in [3.63, 3.8) is 0 Å². The van der Waals surface area contributed by atoms with Gasteiger partial charge in [0, 0.05) is 5.56 Å². The highest BCUT2D eigenvalue weighted by molar-refractivity contribution is 6.90. The highest BCUT2D eigenvalue weighted by atomic mass is 28.3. The normalized spacial score (nSPS) is 11.5. The van der Waals surface area contributed by atoms with Crippen LogP contribution in [-0.4, -0.2) is 28.3 Å². The van der Waals surface area contributed by atoms with Crippen LogP contribution in [0, 0.1) is 11.5 Å². The predicted octanol–water partition coefficient (Wildman–Crippen LogP) is 5.05. The lowest BCUT2D eigenvalue weighted by Crippen LogP contribution is -2.43. The van der Waals surface area contributed by atoms with Crippen molar-refractivity contribution in [1.82, 2.24) is 0 Å². The Morgan fingerprint density at radius 3 is 1.96 bits per heavy atom. The molecule has 0 aromatic heterocycles. The first-order chi connectivity index (χ1) is 11.2. The summed E-state index contributed by atoms with van der Waals surface area (Å²) < 4.78 is 10.2. The quantitative estimate of drug-likeness (QED) is 0.425. The molecule has 1 aromatic carbocycles. The molecule has 4 heteroatoms. The summed E-state index contributed by atoms with van der Waals surface area (Å²) in [6.07, 6.45) is 0. The maximum Gasteiger partial charge on any atom is 0.342 e. The number of carbonyl (C=O) groups is 1. The molecule has 0 fully saturated rings. The average molecular weight is 347 g/mol. The maximum absolute atomic E-state index is 12.2. The van der Waals surface area contributed by atoms with Crippen molar-refractivity contribution in [2.45, 2.75) is 58.2 Å². The van der Waals surface area contributed by atoms with E-state index >= 15 is 0 Å². The zero-order valence-electron chi connectivity index (χ0n) is 16.2. The standard InChI is InChI=1S/C20H30O3Si/c1-14(2)24(15(3)4,16(5)6)13-12-17-10-9-11-18(22-7)19(17)20(21)23-8/h9-11,14-16H,1-8H3. The van der Waals surface area contributed by atoms with Crippen LogP contribution >= 0.6 is 0 Å². The van der Waals surface area contributed by atoms with Crippen molar-refractivity contribution in [1.29, 1.82) is 0 Å². The Morgan fingerprint density at radius 1 is 1.00 bits per heavy atom. The molecule has 0 aliphatic heterocycles. The fraction of sp³-hybridized carbons (Fsp3) is 0.550. The van der Waals surface area contributed by atoms with Crippen molar-refractivity contribution >= 4 is 14.0 Å². The van der Waals surface area contributed by atoms with Gasteiger partial charge >= 0.3 is 5.97 Å². The van der Waals surface area contributed by atoms with Crippen LogP contribution in [0.3, 0.4) is 0 Å². The number of ether oxygens (including phenoxy) is 2. The van der Waals surface area contributed by atoms with Gasteiger partial charge in [-0.15, -0.1) is 5.54 Å². The van der Waals surface area contributed by atoms with E-state index < -0.39 is 14.0 Å². The van der Waals surface area contributed by atoms with Crippen LogP contribution in [-0.2, 0) is 4.74 Å². The molecule has 1 aromatic rings. The second kappa shape index (κ2) is 8.39. The van der Waals surface area contributed by atoms with Crippen LogP contribution in [0.2, 0.25) is 16.6 Å².